The first-order chi connectivity index (χ1) is 18.4. The van der Waals surface area contributed by atoms with Gasteiger partial charge in [0.1, 0.15) is 11.9 Å². The van der Waals surface area contributed by atoms with Crippen LogP contribution in [0.25, 0.3) is 11.1 Å². The van der Waals surface area contributed by atoms with E-state index in [1.807, 2.05) is 6.92 Å². The van der Waals surface area contributed by atoms with Crippen molar-refractivity contribution in [3.05, 3.63) is 88.0 Å². The standard InChI is InChI=1S/C29H28F4N4O2/c1-15-10-18(7-8-23(15)30)24(17-5-6-17)25-20(14-37-13-16(2)39-28(37)35)11-19(12-22(25)27(34)38)21-4-3-9-36-26(21)29(31,32)33/h3-4,7-12,16-17,24,35H,5-6,13-14H2,1-2H3,(H2,34,38)/t16-,24-/m0/s1. The highest BCUT2D eigenvalue weighted by atomic mass is 19.4. The number of rotatable bonds is 7. The molecular formula is C29H28F4N4O2. The maximum absolute atomic E-state index is 14.2. The minimum atomic E-state index is -4.72. The van der Waals surface area contributed by atoms with Crippen LogP contribution >= 0.6 is 0 Å². The Labute approximate surface area is 223 Å². The number of amides is 1. The lowest BCUT2D eigenvalue weighted by Crippen LogP contribution is -2.27. The van der Waals surface area contributed by atoms with Crippen molar-refractivity contribution in [1.82, 2.24) is 9.88 Å². The number of pyridine rings is 1. The summed E-state index contributed by atoms with van der Waals surface area (Å²) in [7, 11) is 0. The van der Waals surface area contributed by atoms with Crippen molar-refractivity contribution in [2.75, 3.05) is 6.54 Å². The Bertz CT molecular complexity index is 1450. The molecule has 0 radical (unpaired) electrons. The van der Waals surface area contributed by atoms with E-state index in [2.05, 4.69) is 4.98 Å². The Balaban J connectivity index is 1.76. The second kappa shape index (κ2) is 9.98. The molecule has 5 rings (SSSR count). The molecule has 3 aromatic rings. The molecule has 0 bridgehead atoms. The fraction of sp³-hybridized carbons (Fsp3) is 0.345. The molecule has 39 heavy (non-hydrogen) atoms. The van der Waals surface area contributed by atoms with Crippen molar-refractivity contribution in [2.45, 2.75) is 51.4 Å². The number of nitrogens with one attached hydrogen (secondary N) is 1. The van der Waals surface area contributed by atoms with Gasteiger partial charge in [-0.2, -0.15) is 13.2 Å². The number of hydrogen-bond donors (Lipinski definition) is 2. The molecule has 2 fully saturated rings. The van der Waals surface area contributed by atoms with Gasteiger partial charge in [-0.05, 0) is 84.7 Å². The second-order valence-corrected chi connectivity index (χ2v) is 10.3. The van der Waals surface area contributed by atoms with E-state index < -0.39 is 17.8 Å². The molecule has 2 aromatic carbocycles. The van der Waals surface area contributed by atoms with E-state index in [9.17, 15) is 22.4 Å². The van der Waals surface area contributed by atoms with Crippen molar-refractivity contribution in [1.29, 1.82) is 5.41 Å². The summed E-state index contributed by atoms with van der Waals surface area (Å²) in [6.07, 6.45) is -2.14. The second-order valence-electron chi connectivity index (χ2n) is 10.3. The predicted octanol–water partition coefficient (Wildman–Crippen LogP) is 6.01. The highest BCUT2D eigenvalue weighted by Gasteiger charge is 2.39. The third kappa shape index (κ3) is 5.32. The van der Waals surface area contributed by atoms with Crippen LogP contribution < -0.4 is 5.73 Å². The van der Waals surface area contributed by atoms with Gasteiger partial charge >= 0.3 is 6.18 Å². The first-order valence-corrected chi connectivity index (χ1v) is 12.7. The first kappa shape index (κ1) is 26.6. The van der Waals surface area contributed by atoms with Gasteiger partial charge in [0.15, 0.2) is 5.69 Å². The number of carbonyl (C=O) groups is 1. The lowest BCUT2D eigenvalue weighted by molar-refractivity contribution is -0.140. The summed E-state index contributed by atoms with van der Waals surface area (Å²) in [5.41, 5.74) is 7.27. The lowest BCUT2D eigenvalue weighted by atomic mass is 9.79. The van der Waals surface area contributed by atoms with Crippen LogP contribution in [0.1, 0.15) is 64.0 Å². The minimum absolute atomic E-state index is 0.0579. The van der Waals surface area contributed by atoms with Gasteiger partial charge in [-0.25, -0.2) is 4.39 Å². The lowest BCUT2D eigenvalue weighted by Gasteiger charge is -2.27. The summed E-state index contributed by atoms with van der Waals surface area (Å²) in [6.45, 7) is 4.00. The van der Waals surface area contributed by atoms with Crippen molar-refractivity contribution >= 4 is 11.9 Å². The van der Waals surface area contributed by atoms with Gasteiger partial charge < -0.3 is 15.4 Å². The van der Waals surface area contributed by atoms with E-state index in [1.165, 1.54) is 24.3 Å². The van der Waals surface area contributed by atoms with Crippen LogP contribution in [0, 0.1) is 24.1 Å². The minimum Gasteiger partial charge on any atom is -0.460 e. The van der Waals surface area contributed by atoms with Crippen molar-refractivity contribution in [2.24, 2.45) is 11.7 Å². The number of halogens is 4. The molecular weight excluding hydrogens is 512 g/mol. The molecule has 2 aliphatic rings. The molecule has 2 atom stereocenters. The molecule has 2 heterocycles. The van der Waals surface area contributed by atoms with Crippen molar-refractivity contribution in [3.63, 3.8) is 0 Å². The van der Waals surface area contributed by atoms with E-state index in [-0.39, 0.29) is 53.0 Å². The summed E-state index contributed by atoms with van der Waals surface area (Å²) < 4.78 is 61.3. The SMILES string of the molecule is Cc1cc([C@@H](c2c(CN3C[C@H](C)OC3=N)cc(-c3cccnc3C(F)(F)F)cc2C(N)=O)C2CC2)ccc1F. The topological polar surface area (TPSA) is 92.3 Å². The number of benzene rings is 2. The van der Waals surface area contributed by atoms with E-state index >= 15 is 0 Å². The summed E-state index contributed by atoms with van der Waals surface area (Å²) >= 11 is 0. The van der Waals surface area contributed by atoms with Gasteiger partial charge in [-0.1, -0.05) is 18.2 Å². The van der Waals surface area contributed by atoms with E-state index in [0.717, 1.165) is 24.6 Å². The zero-order valence-corrected chi connectivity index (χ0v) is 21.5. The third-order valence-corrected chi connectivity index (χ3v) is 7.30. The van der Waals surface area contributed by atoms with Gasteiger partial charge in [0.25, 0.3) is 6.02 Å². The Hall–Kier alpha value is -3.95. The van der Waals surface area contributed by atoms with Crippen LogP contribution in [0.4, 0.5) is 17.6 Å². The molecule has 1 saturated carbocycles. The van der Waals surface area contributed by atoms with E-state index in [0.29, 0.717) is 23.2 Å². The molecule has 0 spiro atoms. The molecule has 1 amide bonds. The molecule has 6 nitrogen and oxygen atoms in total. The summed E-state index contributed by atoms with van der Waals surface area (Å²) in [6, 6.07) is 10.5. The number of nitrogens with zero attached hydrogens (tertiary/aromatic N) is 2. The van der Waals surface area contributed by atoms with Gasteiger partial charge in [0, 0.05) is 29.8 Å². The number of hydrogen-bond acceptors (Lipinski definition) is 4. The Morgan fingerprint density at radius 1 is 1.23 bits per heavy atom. The highest BCUT2D eigenvalue weighted by molar-refractivity contribution is 5.97. The van der Waals surface area contributed by atoms with E-state index in [4.69, 9.17) is 15.9 Å². The smallest absolute Gasteiger partial charge is 0.433 e. The first-order valence-electron chi connectivity index (χ1n) is 12.7. The van der Waals surface area contributed by atoms with Crippen LogP contribution in [0.15, 0.2) is 48.7 Å². The molecule has 1 aliphatic heterocycles. The molecule has 1 saturated heterocycles. The average Bonchev–Trinajstić information content (AvgIpc) is 3.65. The zero-order chi connectivity index (χ0) is 28.1. The van der Waals surface area contributed by atoms with Gasteiger partial charge in [-0.15, -0.1) is 0 Å². The number of amidine groups is 1. The number of nitrogens with two attached hydrogens (primary N) is 1. The van der Waals surface area contributed by atoms with Crippen LogP contribution in [-0.4, -0.2) is 34.5 Å². The average molecular weight is 541 g/mol. The molecule has 3 N–H and O–H groups in total. The van der Waals surface area contributed by atoms with Gasteiger partial charge in [-0.3, -0.25) is 15.2 Å². The van der Waals surface area contributed by atoms with Crippen LogP contribution in [0.5, 0.6) is 0 Å². The molecule has 0 unspecified atom stereocenters. The normalized spacial score (nSPS) is 18.3. The van der Waals surface area contributed by atoms with Crippen LogP contribution in [0.2, 0.25) is 0 Å². The molecule has 204 valence electrons. The Kier molecular flexibility index (Phi) is 6.82. The maximum atomic E-state index is 14.2. The number of alkyl halides is 3. The fourth-order valence-corrected chi connectivity index (χ4v) is 5.44. The predicted molar refractivity (Wildman–Crippen MR) is 138 cm³/mol. The van der Waals surface area contributed by atoms with Gasteiger partial charge in [0.2, 0.25) is 5.91 Å². The molecule has 1 aliphatic carbocycles. The Morgan fingerprint density at radius 3 is 2.56 bits per heavy atom. The number of ether oxygens (including phenoxy) is 1. The number of aryl methyl sites for hydroxylation is 1. The molecule has 1 aromatic heterocycles. The highest BCUT2D eigenvalue weighted by Crippen LogP contribution is 2.49. The zero-order valence-electron chi connectivity index (χ0n) is 21.5. The van der Waals surface area contributed by atoms with E-state index in [1.54, 1.807) is 30.0 Å². The third-order valence-electron chi connectivity index (χ3n) is 7.30. The number of primary amides is 1. The number of carbonyl (C=O) groups excluding carboxylic acids is 1. The van der Waals surface area contributed by atoms with Crippen LogP contribution in [0.3, 0.4) is 0 Å². The maximum Gasteiger partial charge on any atom is 0.433 e. The molecule has 10 heteroatoms. The summed E-state index contributed by atoms with van der Waals surface area (Å²) in [5, 5.41) is 8.26. The number of aromatic nitrogens is 1. The largest absolute Gasteiger partial charge is 0.460 e. The summed E-state index contributed by atoms with van der Waals surface area (Å²) in [4.78, 5) is 18.2. The monoisotopic (exact) mass is 540 g/mol. The van der Waals surface area contributed by atoms with Crippen molar-refractivity contribution in [3.8, 4) is 11.1 Å². The van der Waals surface area contributed by atoms with Crippen LogP contribution in [-0.2, 0) is 17.5 Å². The summed E-state index contributed by atoms with van der Waals surface area (Å²) in [5.74, 6) is -1.32. The fourth-order valence-electron chi connectivity index (χ4n) is 5.44. The quantitative estimate of drug-likeness (QED) is 0.359. The van der Waals surface area contributed by atoms with Crippen molar-refractivity contribution < 1.29 is 27.1 Å². The Morgan fingerprint density at radius 2 is 1.97 bits per heavy atom. The van der Waals surface area contributed by atoms with Gasteiger partial charge in [0.05, 0.1) is 6.54 Å².